The first-order chi connectivity index (χ1) is 9.13. The summed E-state index contributed by atoms with van der Waals surface area (Å²) in [5.74, 6) is 2.20. The van der Waals surface area contributed by atoms with Crippen LogP contribution < -0.4 is 10.1 Å². The Kier molecular flexibility index (Phi) is 4.64. The van der Waals surface area contributed by atoms with Gasteiger partial charge in [0.1, 0.15) is 0 Å². The highest BCUT2D eigenvalue weighted by Crippen LogP contribution is 2.32. The number of aliphatic hydroxyl groups is 1. The summed E-state index contributed by atoms with van der Waals surface area (Å²) in [5.41, 5.74) is -0.604. The van der Waals surface area contributed by atoms with E-state index in [0.717, 1.165) is 43.2 Å². The maximum atomic E-state index is 10.5. The highest BCUT2D eigenvalue weighted by atomic mass is 16.5. The Bertz CT molecular complexity index is 401. The highest BCUT2D eigenvalue weighted by Gasteiger charge is 2.31. The number of nitrogens with zero attached hydrogens (tertiary/aromatic N) is 1. The summed E-state index contributed by atoms with van der Waals surface area (Å²) in [6.45, 7) is 5.35. The van der Waals surface area contributed by atoms with E-state index in [1.54, 1.807) is 6.20 Å². The van der Waals surface area contributed by atoms with E-state index in [2.05, 4.69) is 17.2 Å². The van der Waals surface area contributed by atoms with Crippen LogP contribution in [0.2, 0.25) is 0 Å². The van der Waals surface area contributed by atoms with Crippen LogP contribution in [0.1, 0.15) is 39.5 Å². The van der Waals surface area contributed by atoms with Crippen LogP contribution in [0.5, 0.6) is 5.75 Å². The molecule has 0 radical (unpaired) electrons. The van der Waals surface area contributed by atoms with Crippen molar-refractivity contribution in [1.82, 2.24) is 4.98 Å². The lowest BCUT2D eigenvalue weighted by Crippen LogP contribution is -2.40. The van der Waals surface area contributed by atoms with Gasteiger partial charge in [-0.3, -0.25) is 0 Å². The zero-order valence-corrected chi connectivity index (χ0v) is 11.9. The van der Waals surface area contributed by atoms with Crippen molar-refractivity contribution in [3.63, 3.8) is 0 Å². The molecule has 2 rings (SSSR count). The molecule has 0 aromatic carbocycles. The predicted molar refractivity (Wildman–Crippen MR) is 76.5 cm³/mol. The van der Waals surface area contributed by atoms with E-state index in [4.69, 9.17) is 4.74 Å². The molecule has 1 heterocycles. The number of nitrogens with one attached hydrogen (secondary N) is 1. The molecule has 0 spiro atoms. The molecule has 1 aromatic rings. The van der Waals surface area contributed by atoms with E-state index < -0.39 is 5.60 Å². The molecule has 1 saturated carbocycles. The van der Waals surface area contributed by atoms with E-state index in [1.807, 2.05) is 19.1 Å². The molecule has 0 unspecified atom stereocenters. The highest BCUT2D eigenvalue weighted by molar-refractivity contribution is 5.49. The fraction of sp³-hybridized carbons (Fsp3) is 0.667. The molecule has 0 aliphatic heterocycles. The van der Waals surface area contributed by atoms with Gasteiger partial charge in [0.25, 0.3) is 0 Å². The van der Waals surface area contributed by atoms with Crippen molar-refractivity contribution in [1.29, 1.82) is 0 Å². The van der Waals surface area contributed by atoms with Gasteiger partial charge in [-0.1, -0.05) is 6.92 Å². The van der Waals surface area contributed by atoms with Crippen molar-refractivity contribution in [2.75, 3.05) is 18.5 Å². The van der Waals surface area contributed by atoms with Gasteiger partial charge in [0.2, 0.25) is 0 Å². The third-order valence-corrected chi connectivity index (χ3v) is 3.86. The van der Waals surface area contributed by atoms with Gasteiger partial charge in [-0.2, -0.15) is 0 Å². The number of ether oxygens (including phenoxy) is 1. The first-order valence-corrected chi connectivity index (χ1v) is 7.17. The minimum absolute atomic E-state index is 0.538. The predicted octanol–water partition coefficient (Wildman–Crippen LogP) is 2.83. The Hall–Kier alpha value is -1.29. The zero-order chi connectivity index (χ0) is 13.7. The van der Waals surface area contributed by atoms with E-state index in [-0.39, 0.29) is 0 Å². The molecular formula is C15H24N2O2. The Labute approximate surface area is 115 Å². The second-order valence-corrected chi connectivity index (χ2v) is 5.54. The second-order valence-electron chi connectivity index (χ2n) is 5.54. The topological polar surface area (TPSA) is 54.4 Å². The van der Waals surface area contributed by atoms with Gasteiger partial charge in [0, 0.05) is 12.7 Å². The molecule has 106 valence electrons. The fourth-order valence-electron chi connectivity index (χ4n) is 2.52. The minimum Gasteiger partial charge on any atom is -0.490 e. The number of aromatic nitrogens is 1. The molecule has 19 heavy (non-hydrogen) atoms. The molecule has 0 atom stereocenters. The average Bonchev–Trinajstić information content (AvgIpc) is 2.42. The molecule has 1 aliphatic carbocycles. The normalized spacial score (nSPS) is 27.0. The van der Waals surface area contributed by atoms with Crippen molar-refractivity contribution in [2.45, 2.75) is 45.1 Å². The summed E-state index contributed by atoms with van der Waals surface area (Å²) in [7, 11) is 0. The van der Waals surface area contributed by atoms with Gasteiger partial charge in [0.05, 0.1) is 12.2 Å². The van der Waals surface area contributed by atoms with Crippen LogP contribution in [0.3, 0.4) is 0 Å². The van der Waals surface area contributed by atoms with Gasteiger partial charge in [-0.05, 0) is 50.7 Å². The first kappa shape index (κ1) is 14.1. The van der Waals surface area contributed by atoms with Gasteiger partial charge in [-0.15, -0.1) is 0 Å². The lowest BCUT2D eigenvalue weighted by atomic mass is 9.79. The summed E-state index contributed by atoms with van der Waals surface area (Å²) in [5, 5.41) is 13.8. The second kappa shape index (κ2) is 6.24. The summed E-state index contributed by atoms with van der Waals surface area (Å²) in [4.78, 5) is 4.28. The Morgan fingerprint density at radius 3 is 2.89 bits per heavy atom. The number of hydrogen-bond acceptors (Lipinski definition) is 4. The Balaban J connectivity index is 1.94. The number of rotatable bonds is 5. The number of hydrogen-bond donors (Lipinski definition) is 2. The molecule has 1 aliphatic rings. The summed E-state index contributed by atoms with van der Waals surface area (Å²) in [6.07, 6.45) is 5.64. The molecule has 0 bridgehead atoms. The summed E-state index contributed by atoms with van der Waals surface area (Å²) < 4.78 is 5.52. The zero-order valence-electron chi connectivity index (χ0n) is 11.9. The molecule has 4 nitrogen and oxygen atoms in total. The van der Waals surface area contributed by atoms with Crippen molar-refractivity contribution < 1.29 is 9.84 Å². The fourth-order valence-corrected chi connectivity index (χ4v) is 2.52. The van der Waals surface area contributed by atoms with Crippen LogP contribution in [0.15, 0.2) is 18.3 Å². The number of pyridine rings is 1. The number of anilines is 1. The molecule has 0 saturated heterocycles. The monoisotopic (exact) mass is 264 g/mol. The smallest absolute Gasteiger partial charge is 0.168 e. The minimum atomic E-state index is -0.604. The SMILES string of the molecule is CCOc1cccnc1NCC1(O)CCC(C)CC1. The Morgan fingerprint density at radius 1 is 1.47 bits per heavy atom. The average molecular weight is 264 g/mol. The van der Waals surface area contributed by atoms with Crippen molar-refractivity contribution in [3.05, 3.63) is 18.3 Å². The molecule has 1 aromatic heterocycles. The maximum absolute atomic E-state index is 10.5. The van der Waals surface area contributed by atoms with E-state index in [1.165, 1.54) is 0 Å². The molecule has 1 fully saturated rings. The van der Waals surface area contributed by atoms with E-state index >= 15 is 0 Å². The Morgan fingerprint density at radius 2 is 2.21 bits per heavy atom. The van der Waals surface area contributed by atoms with E-state index in [9.17, 15) is 5.11 Å². The van der Waals surface area contributed by atoms with Crippen LogP contribution in [0.25, 0.3) is 0 Å². The van der Waals surface area contributed by atoms with Gasteiger partial charge >= 0.3 is 0 Å². The summed E-state index contributed by atoms with van der Waals surface area (Å²) >= 11 is 0. The third kappa shape index (κ3) is 3.83. The van der Waals surface area contributed by atoms with Gasteiger partial charge in [0.15, 0.2) is 11.6 Å². The first-order valence-electron chi connectivity index (χ1n) is 7.17. The van der Waals surface area contributed by atoms with Crippen LogP contribution >= 0.6 is 0 Å². The molecular weight excluding hydrogens is 240 g/mol. The standard InChI is InChI=1S/C15H24N2O2/c1-3-19-13-5-4-10-16-14(13)17-11-15(18)8-6-12(2)7-9-15/h4-5,10,12,18H,3,6-9,11H2,1-2H3,(H,16,17). The van der Waals surface area contributed by atoms with Crippen LogP contribution in [0.4, 0.5) is 5.82 Å². The van der Waals surface area contributed by atoms with E-state index in [0.29, 0.717) is 13.2 Å². The summed E-state index contributed by atoms with van der Waals surface area (Å²) in [6, 6.07) is 3.75. The van der Waals surface area contributed by atoms with Crippen LogP contribution in [0, 0.1) is 5.92 Å². The van der Waals surface area contributed by atoms with Crippen LogP contribution in [-0.2, 0) is 0 Å². The maximum Gasteiger partial charge on any atom is 0.168 e. The van der Waals surface area contributed by atoms with Crippen LogP contribution in [-0.4, -0.2) is 28.8 Å². The van der Waals surface area contributed by atoms with Gasteiger partial charge in [-0.25, -0.2) is 4.98 Å². The molecule has 2 N–H and O–H groups in total. The lowest BCUT2D eigenvalue weighted by Gasteiger charge is -2.35. The third-order valence-electron chi connectivity index (χ3n) is 3.86. The molecule has 4 heteroatoms. The van der Waals surface area contributed by atoms with Crippen molar-refractivity contribution in [2.24, 2.45) is 5.92 Å². The van der Waals surface area contributed by atoms with Gasteiger partial charge < -0.3 is 15.2 Å². The van der Waals surface area contributed by atoms with Crippen molar-refractivity contribution >= 4 is 5.82 Å². The largest absolute Gasteiger partial charge is 0.490 e. The quantitative estimate of drug-likeness (QED) is 0.858. The van der Waals surface area contributed by atoms with Crippen molar-refractivity contribution in [3.8, 4) is 5.75 Å². The molecule has 0 amide bonds. The lowest BCUT2D eigenvalue weighted by molar-refractivity contribution is 0.00491.